The Balaban J connectivity index is 1.50. The summed E-state index contributed by atoms with van der Waals surface area (Å²) in [6, 6.07) is 17.4. The van der Waals surface area contributed by atoms with Crippen molar-refractivity contribution in [1.82, 2.24) is 0 Å². The number of methoxy groups -OCH3 is 1. The Hall–Kier alpha value is -4.46. The highest BCUT2D eigenvalue weighted by atomic mass is 19.1. The average Bonchev–Trinajstić information content (AvgIpc) is 3.25. The highest BCUT2D eigenvalue weighted by Crippen LogP contribution is 2.31. The molecule has 1 aliphatic heterocycles. The lowest BCUT2D eigenvalue weighted by molar-refractivity contribution is -0.129. The van der Waals surface area contributed by atoms with Gasteiger partial charge in [-0.2, -0.15) is 0 Å². The monoisotopic (exact) mass is 489 g/mol. The van der Waals surface area contributed by atoms with Gasteiger partial charge in [-0.15, -0.1) is 0 Å². The molecule has 0 aromatic heterocycles. The van der Waals surface area contributed by atoms with Crippen molar-refractivity contribution in [2.75, 3.05) is 13.7 Å². The molecule has 0 amide bonds. The molecular weight excluding hydrogens is 465 g/mol. The molecule has 0 aliphatic carbocycles. The van der Waals surface area contributed by atoms with Gasteiger partial charge in [0.25, 0.3) is 0 Å². The fourth-order valence-corrected chi connectivity index (χ4v) is 3.36. The molecule has 0 unspecified atom stereocenters. The molecule has 0 saturated carbocycles. The lowest BCUT2D eigenvalue weighted by Gasteiger charge is -2.10. The van der Waals surface area contributed by atoms with E-state index in [-0.39, 0.29) is 28.7 Å². The van der Waals surface area contributed by atoms with Crippen LogP contribution in [0.25, 0.3) is 6.08 Å². The molecule has 0 fully saturated rings. The molecule has 0 radical (unpaired) electrons. The van der Waals surface area contributed by atoms with Gasteiger partial charge in [-0.1, -0.05) is 31.5 Å². The van der Waals surface area contributed by atoms with E-state index >= 15 is 0 Å². The van der Waals surface area contributed by atoms with Crippen LogP contribution in [-0.2, 0) is 9.53 Å². The maximum absolute atomic E-state index is 13.9. The third-order valence-electron chi connectivity index (χ3n) is 5.28. The Labute approximate surface area is 207 Å². The number of nitrogens with zero attached hydrogens (tertiary/aromatic N) is 1. The number of cyclic esters (lactones) is 1. The third kappa shape index (κ3) is 5.78. The smallest absolute Gasteiger partial charge is 0.363 e. The summed E-state index contributed by atoms with van der Waals surface area (Å²) in [5.74, 6) is -0.884. The number of carbonyl (C=O) groups is 2. The summed E-state index contributed by atoms with van der Waals surface area (Å²) in [5, 5.41) is 0. The second kappa shape index (κ2) is 11.3. The van der Waals surface area contributed by atoms with Crippen molar-refractivity contribution in [2.24, 2.45) is 4.99 Å². The van der Waals surface area contributed by atoms with Crippen LogP contribution in [-0.4, -0.2) is 31.6 Å². The normalized spacial score (nSPS) is 13.8. The SMILES string of the molecule is CCCCOc1ccc(C2=N/C(=C\c3ccc(OC(=O)c4ccccc4F)c(OC)c3)C(=O)O2)cc1. The maximum atomic E-state index is 13.9. The number of rotatable bonds is 9. The number of unbranched alkanes of at least 4 members (excludes halogenated alkanes) is 1. The van der Waals surface area contributed by atoms with Crippen LogP contribution in [0.2, 0.25) is 0 Å². The minimum absolute atomic E-state index is 0.103. The first kappa shape index (κ1) is 24.7. The van der Waals surface area contributed by atoms with Crippen LogP contribution in [0.1, 0.15) is 41.3 Å². The molecule has 7 nitrogen and oxygen atoms in total. The van der Waals surface area contributed by atoms with Crippen LogP contribution in [0.4, 0.5) is 4.39 Å². The zero-order valence-electron chi connectivity index (χ0n) is 19.8. The largest absolute Gasteiger partial charge is 0.494 e. The van der Waals surface area contributed by atoms with Crippen LogP contribution in [0, 0.1) is 5.82 Å². The van der Waals surface area contributed by atoms with Gasteiger partial charge in [0.1, 0.15) is 11.6 Å². The molecule has 0 N–H and O–H groups in total. The molecule has 0 bridgehead atoms. The van der Waals surface area contributed by atoms with Gasteiger partial charge in [-0.05, 0) is 66.6 Å². The van der Waals surface area contributed by atoms with Crippen molar-refractivity contribution in [2.45, 2.75) is 19.8 Å². The summed E-state index contributed by atoms with van der Waals surface area (Å²) >= 11 is 0. The van der Waals surface area contributed by atoms with Gasteiger partial charge in [0.05, 0.1) is 19.3 Å². The van der Waals surface area contributed by atoms with Crippen LogP contribution in [0.15, 0.2) is 77.4 Å². The van der Waals surface area contributed by atoms with Crippen LogP contribution in [0.3, 0.4) is 0 Å². The van der Waals surface area contributed by atoms with E-state index in [1.165, 1.54) is 43.5 Å². The topological polar surface area (TPSA) is 83.4 Å². The Bertz CT molecular complexity index is 1330. The molecule has 0 spiro atoms. The summed E-state index contributed by atoms with van der Waals surface area (Å²) in [6.07, 6.45) is 3.55. The van der Waals surface area contributed by atoms with Crippen molar-refractivity contribution in [1.29, 1.82) is 0 Å². The summed E-state index contributed by atoms with van der Waals surface area (Å²) in [5.41, 5.74) is 1.12. The minimum Gasteiger partial charge on any atom is -0.494 e. The molecule has 0 atom stereocenters. The standard InChI is InChI=1S/C28H24FNO6/c1-3-4-15-34-20-12-10-19(11-13-20)26-30-23(28(32)36-26)16-18-9-14-24(25(17-18)33-2)35-27(31)21-7-5-6-8-22(21)29/h5-14,16-17H,3-4,15H2,1-2H3/b23-16-. The molecule has 3 aromatic rings. The van der Waals surface area contributed by atoms with Gasteiger partial charge in [0.15, 0.2) is 17.2 Å². The van der Waals surface area contributed by atoms with Crippen molar-refractivity contribution in [3.05, 3.63) is 94.9 Å². The van der Waals surface area contributed by atoms with E-state index in [0.717, 1.165) is 18.6 Å². The fraction of sp³-hybridized carbons (Fsp3) is 0.179. The second-order valence-electron chi connectivity index (χ2n) is 7.84. The first-order valence-electron chi connectivity index (χ1n) is 11.4. The summed E-state index contributed by atoms with van der Waals surface area (Å²) < 4.78 is 35.5. The van der Waals surface area contributed by atoms with Crippen molar-refractivity contribution >= 4 is 23.9 Å². The molecule has 36 heavy (non-hydrogen) atoms. The Morgan fingerprint density at radius 2 is 1.83 bits per heavy atom. The molecule has 8 heteroatoms. The number of esters is 2. The lowest BCUT2D eigenvalue weighted by Crippen LogP contribution is -2.11. The van der Waals surface area contributed by atoms with E-state index in [2.05, 4.69) is 11.9 Å². The molecule has 1 aliphatic rings. The first-order valence-corrected chi connectivity index (χ1v) is 11.4. The van der Waals surface area contributed by atoms with Crippen LogP contribution in [0.5, 0.6) is 17.2 Å². The predicted molar refractivity (Wildman–Crippen MR) is 132 cm³/mol. The van der Waals surface area contributed by atoms with Gasteiger partial charge in [0.2, 0.25) is 5.90 Å². The number of carbonyl (C=O) groups excluding carboxylic acids is 2. The van der Waals surface area contributed by atoms with Gasteiger partial charge in [-0.25, -0.2) is 19.0 Å². The molecule has 184 valence electrons. The highest BCUT2D eigenvalue weighted by Gasteiger charge is 2.24. The van der Waals surface area contributed by atoms with Crippen LogP contribution < -0.4 is 14.2 Å². The van der Waals surface area contributed by atoms with Crippen LogP contribution >= 0.6 is 0 Å². The Morgan fingerprint density at radius 1 is 1.06 bits per heavy atom. The zero-order chi connectivity index (χ0) is 25.5. The van der Waals surface area contributed by atoms with E-state index < -0.39 is 17.8 Å². The molecule has 1 heterocycles. The molecule has 4 rings (SSSR count). The average molecular weight is 489 g/mol. The van der Waals surface area contributed by atoms with E-state index in [9.17, 15) is 14.0 Å². The molecular formula is C28H24FNO6. The number of hydrogen-bond acceptors (Lipinski definition) is 7. The number of hydrogen-bond donors (Lipinski definition) is 0. The maximum Gasteiger partial charge on any atom is 0.363 e. The fourth-order valence-electron chi connectivity index (χ4n) is 3.36. The van der Waals surface area contributed by atoms with Gasteiger partial charge in [0, 0.05) is 5.56 Å². The predicted octanol–water partition coefficient (Wildman–Crippen LogP) is 5.58. The highest BCUT2D eigenvalue weighted by molar-refractivity contribution is 6.12. The molecule has 0 saturated heterocycles. The first-order chi connectivity index (χ1) is 17.5. The molecule has 3 aromatic carbocycles. The van der Waals surface area contributed by atoms with E-state index in [0.29, 0.717) is 17.7 Å². The Kier molecular flexibility index (Phi) is 7.75. The summed E-state index contributed by atoms with van der Waals surface area (Å²) in [4.78, 5) is 29.1. The zero-order valence-corrected chi connectivity index (χ0v) is 19.8. The van der Waals surface area contributed by atoms with Crippen molar-refractivity contribution in [3.8, 4) is 17.2 Å². The van der Waals surface area contributed by atoms with Gasteiger partial charge < -0.3 is 18.9 Å². The summed E-state index contributed by atoms with van der Waals surface area (Å²) in [7, 11) is 1.41. The quantitative estimate of drug-likeness (QED) is 0.169. The number of halogens is 1. The van der Waals surface area contributed by atoms with E-state index in [4.69, 9.17) is 18.9 Å². The minimum atomic E-state index is -0.854. The summed E-state index contributed by atoms with van der Waals surface area (Å²) in [6.45, 7) is 2.74. The Morgan fingerprint density at radius 3 is 2.56 bits per heavy atom. The number of ether oxygens (including phenoxy) is 4. The van der Waals surface area contributed by atoms with E-state index in [1.54, 1.807) is 36.4 Å². The van der Waals surface area contributed by atoms with Gasteiger partial charge in [-0.3, -0.25) is 0 Å². The number of aliphatic imine (C=N–C) groups is 1. The lowest BCUT2D eigenvalue weighted by atomic mass is 10.1. The van der Waals surface area contributed by atoms with Crippen molar-refractivity contribution in [3.63, 3.8) is 0 Å². The van der Waals surface area contributed by atoms with E-state index in [1.807, 2.05) is 0 Å². The third-order valence-corrected chi connectivity index (χ3v) is 5.28. The second-order valence-corrected chi connectivity index (χ2v) is 7.84. The number of benzene rings is 3. The van der Waals surface area contributed by atoms with Gasteiger partial charge >= 0.3 is 11.9 Å². The van der Waals surface area contributed by atoms with Crippen molar-refractivity contribution < 1.29 is 32.9 Å².